The number of benzene rings is 3. The van der Waals surface area contributed by atoms with Crippen molar-refractivity contribution in [3.8, 4) is 11.1 Å². The molecule has 0 radical (unpaired) electrons. The molecule has 0 aliphatic carbocycles. The first-order chi connectivity index (χ1) is 15.1. The second kappa shape index (κ2) is 7.99. The fourth-order valence-corrected chi connectivity index (χ4v) is 4.63. The number of rotatable bonds is 3. The SMILES string of the molecule is CCC1CCN(C(=O)c2ccc(-c3ccc4c(c3)CCN4)c(N)c2)c2ccccc2N1. The topological polar surface area (TPSA) is 70.4 Å². The quantitative estimate of drug-likeness (QED) is 0.521. The molecular formula is C26H28N4O. The number of nitrogens with two attached hydrogens (primary N) is 1. The van der Waals surface area contributed by atoms with E-state index in [9.17, 15) is 4.79 Å². The van der Waals surface area contributed by atoms with Gasteiger partial charge in [0.15, 0.2) is 0 Å². The van der Waals surface area contributed by atoms with Crippen LogP contribution in [0.15, 0.2) is 60.7 Å². The van der Waals surface area contributed by atoms with Crippen molar-refractivity contribution in [1.82, 2.24) is 0 Å². The van der Waals surface area contributed by atoms with Crippen molar-refractivity contribution >= 4 is 28.7 Å². The van der Waals surface area contributed by atoms with Crippen LogP contribution in [0, 0.1) is 0 Å². The Morgan fingerprint density at radius 2 is 1.97 bits per heavy atom. The number of hydrogen-bond acceptors (Lipinski definition) is 4. The molecule has 0 saturated carbocycles. The molecular weight excluding hydrogens is 384 g/mol. The molecule has 5 heteroatoms. The Morgan fingerprint density at radius 3 is 2.81 bits per heavy atom. The van der Waals surface area contributed by atoms with Crippen LogP contribution in [0.5, 0.6) is 0 Å². The third-order valence-corrected chi connectivity index (χ3v) is 6.42. The minimum Gasteiger partial charge on any atom is -0.398 e. The third kappa shape index (κ3) is 3.61. The zero-order chi connectivity index (χ0) is 21.4. The van der Waals surface area contributed by atoms with Crippen molar-refractivity contribution in [2.45, 2.75) is 32.2 Å². The maximum Gasteiger partial charge on any atom is 0.258 e. The van der Waals surface area contributed by atoms with Crippen LogP contribution in [-0.4, -0.2) is 25.0 Å². The van der Waals surface area contributed by atoms with Crippen LogP contribution in [0.2, 0.25) is 0 Å². The molecule has 0 spiro atoms. The van der Waals surface area contributed by atoms with Crippen molar-refractivity contribution in [2.75, 3.05) is 34.4 Å². The van der Waals surface area contributed by atoms with Gasteiger partial charge in [0.1, 0.15) is 0 Å². The predicted molar refractivity (Wildman–Crippen MR) is 129 cm³/mol. The van der Waals surface area contributed by atoms with Crippen molar-refractivity contribution in [3.63, 3.8) is 0 Å². The van der Waals surface area contributed by atoms with Gasteiger partial charge in [0.2, 0.25) is 0 Å². The number of nitrogen functional groups attached to an aromatic ring is 1. The molecule has 5 nitrogen and oxygen atoms in total. The summed E-state index contributed by atoms with van der Waals surface area (Å²) in [6.45, 7) is 3.83. The lowest BCUT2D eigenvalue weighted by Crippen LogP contribution is -2.32. The summed E-state index contributed by atoms with van der Waals surface area (Å²) in [5.41, 5.74) is 14.2. The molecule has 3 aromatic carbocycles. The van der Waals surface area contributed by atoms with Crippen molar-refractivity contribution in [1.29, 1.82) is 0 Å². The zero-order valence-electron chi connectivity index (χ0n) is 17.8. The highest BCUT2D eigenvalue weighted by Gasteiger charge is 2.25. The Morgan fingerprint density at radius 1 is 1.10 bits per heavy atom. The first-order valence-corrected chi connectivity index (χ1v) is 11.1. The summed E-state index contributed by atoms with van der Waals surface area (Å²) in [7, 11) is 0. The number of amides is 1. The molecule has 1 atom stereocenters. The number of carbonyl (C=O) groups is 1. The minimum absolute atomic E-state index is 0.0117. The van der Waals surface area contributed by atoms with Gasteiger partial charge in [-0.15, -0.1) is 0 Å². The first-order valence-electron chi connectivity index (χ1n) is 11.1. The van der Waals surface area contributed by atoms with Crippen LogP contribution in [0.1, 0.15) is 35.7 Å². The van der Waals surface area contributed by atoms with E-state index in [1.807, 2.05) is 47.4 Å². The van der Waals surface area contributed by atoms with E-state index in [0.29, 0.717) is 23.8 Å². The van der Waals surface area contributed by atoms with Gasteiger partial charge in [-0.3, -0.25) is 4.79 Å². The van der Waals surface area contributed by atoms with Crippen LogP contribution in [-0.2, 0) is 6.42 Å². The van der Waals surface area contributed by atoms with Gasteiger partial charge in [-0.1, -0.05) is 31.2 Å². The lowest BCUT2D eigenvalue weighted by molar-refractivity contribution is 0.0987. The minimum atomic E-state index is -0.0117. The summed E-state index contributed by atoms with van der Waals surface area (Å²) in [5.74, 6) is -0.0117. The largest absolute Gasteiger partial charge is 0.398 e. The predicted octanol–water partition coefficient (Wildman–Crippen LogP) is 5.14. The van der Waals surface area contributed by atoms with Gasteiger partial charge in [0.05, 0.1) is 11.4 Å². The molecule has 0 fully saturated rings. The van der Waals surface area contributed by atoms with Crippen LogP contribution in [0.3, 0.4) is 0 Å². The summed E-state index contributed by atoms with van der Waals surface area (Å²) in [4.78, 5) is 15.4. The molecule has 3 aromatic rings. The van der Waals surface area contributed by atoms with Gasteiger partial charge in [-0.05, 0) is 66.8 Å². The number of anilines is 4. The molecule has 0 saturated heterocycles. The molecule has 2 aliphatic heterocycles. The van der Waals surface area contributed by atoms with Crippen LogP contribution >= 0.6 is 0 Å². The van der Waals surface area contributed by atoms with Crippen LogP contribution in [0.25, 0.3) is 11.1 Å². The highest BCUT2D eigenvalue weighted by atomic mass is 16.2. The number of nitrogens with zero attached hydrogens (tertiary/aromatic N) is 1. The highest BCUT2D eigenvalue weighted by Crippen LogP contribution is 2.34. The summed E-state index contributed by atoms with van der Waals surface area (Å²) < 4.78 is 0. The second-order valence-corrected chi connectivity index (χ2v) is 8.36. The molecule has 31 heavy (non-hydrogen) atoms. The maximum atomic E-state index is 13.5. The fourth-order valence-electron chi connectivity index (χ4n) is 4.63. The number of carbonyl (C=O) groups excluding carboxylic acids is 1. The summed E-state index contributed by atoms with van der Waals surface area (Å²) >= 11 is 0. The maximum absolute atomic E-state index is 13.5. The average Bonchev–Trinajstić information content (AvgIpc) is 3.18. The smallest absolute Gasteiger partial charge is 0.258 e. The molecule has 1 unspecified atom stereocenters. The van der Waals surface area contributed by atoms with Crippen LogP contribution < -0.4 is 21.3 Å². The Bertz CT molecular complexity index is 1140. The van der Waals surface area contributed by atoms with E-state index in [1.165, 1.54) is 11.3 Å². The van der Waals surface area contributed by atoms with E-state index in [-0.39, 0.29) is 5.91 Å². The molecule has 2 heterocycles. The molecule has 0 aromatic heterocycles. The molecule has 158 valence electrons. The third-order valence-electron chi connectivity index (χ3n) is 6.42. The Balaban J connectivity index is 1.46. The van der Waals surface area contributed by atoms with Gasteiger partial charge in [-0.2, -0.15) is 0 Å². The lowest BCUT2D eigenvalue weighted by atomic mass is 9.98. The number of para-hydroxylation sites is 2. The summed E-state index contributed by atoms with van der Waals surface area (Å²) in [6.07, 6.45) is 2.96. The lowest BCUT2D eigenvalue weighted by Gasteiger charge is -2.23. The van der Waals surface area contributed by atoms with Gasteiger partial charge >= 0.3 is 0 Å². The Labute approximate surface area is 183 Å². The Hall–Kier alpha value is -3.47. The summed E-state index contributed by atoms with van der Waals surface area (Å²) in [5, 5.41) is 6.97. The monoisotopic (exact) mass is 412 g/mol. The normalized spacial score (nSPS) is 17.2. The Kier molecular flexibility index (Phi) is 5.02. The van der Waals surface area contributed by atoms with Crippen LogP contribution in [0.4, 0.5) is 22.7 Å². The van der Waals surface area contributed by atoms with Crippen molar-refractivity contribution in [3.05, 3.63) is 71.8 Å². The number of hydrogen-bond donors (Lipinski definition) is 3. The van der Waals surface area contributed by atoms with E-state index in [0.717, 1.165) is 48.3 Å². The van der Waals surface area contributed by atoms with Gasteiger partial charge in [0.25, 0.3) is 5.91 Å². The number of nitrogens with one attached hydrogen (secondary N) is 2. The fraction of sp³-hybridized carbons (Fsp3) is 0.269. The van der Waals surface area contributed by atoms with E-state index < -0.39 is 0 Å². The van der Waals surface area contributed by atoms with Gasteiger partial charge in [0, 0.05) is 41.6 Å². The van der Waals surface area contributed by atoms with Crippen molar-refractivity contribution in [2.24, 2.45) is 0 Å². The summed E-state index contributed by atoms with van der Waals surface area (Å²) in [6, 6.07) is 20.5. The molecule has 0 bridgehead atoms. The number of fused-ring (bicyclic) bond motifs is 2. The molecule has 4 N–H and O–H groups in total. The van der Waals surface area contributed by atoms with Gasteiger partial charge in [-0.25, -0.2) is 0 Å². The average molecular weight is 413 g/mol. The molecule has 1 amide bonds. The first kappa shape index (κ1) is 19.5. The van der Waals surface area contributed by atoms with Crippen molar-refractivity contribution < 1.29 is 4.79 Å². The molecule has 5 rings (SSSR count). The van der Waals surface area contributed by atoms with E-state index in [4.69, 9.17) is 5.73 Å². The van der Waals surface area contributed by atoms with E-state index in [2.05, 4.69) is 35.8 Å². The van der Waals surface area contributed by atoms with E-state index in [1.54, 1.807) is 0 Å². The van der Waals surface area contributed by atoms with E-state index >= 15 is 0 Å². The van der Waals surface area contributed by atoms with Gasteiger partial charge < -0.3 is 21.3 Å². The zero-order valence-corrected chi connectivity index (χ0v) is 17.8. The highest BCUT2D eigenvalue weighted by molar-refractivity contribution is 6.09. The second-order valence-electron chi connectivity index (χ2n) is 8.36. The standard InChI is InChI=1S/C26H28N4O/c1-2-20-12-14-30(25-6-4-3-5-24(25)29-20)26(31)19-7-9-21(22(27)16-19)17-8-10-23-18(15-17)11-13-28-23/h3-10,15-16,20,28-29H,2,11-14,27H2,1H3. The molecule has 2 aliphatic rings.